The number of hydrogen-bond donors (Lipinski definition) is 0. The normalized spacial score (nSPS) is 30.4. The van der Waals surface area contributed by atoms with E-state index in [4.69, 9.17) is 27.9 Å². The zero-order valence-electron chi connectivity index (χ0n) is 13.1. The Balaban J connectivity index is 1.57. The van der Waals surface area contributed by atoms with Gasteiger partial charge in [0.15, 0.2) is 0 Å². The lowest BCUT2D eigenvalue weighted by Crippen LogP contribution is -2.34. The molecule has 3 aliphatic rings. The number of anilines is 1. The number of fused-ring (bicyclic) bond motifs is 5. The fourth-order valence-corrected chi connectivity index (χ4v) is 4.84. The lowest BCUT2D eigenvalue weighted by atomic mass is 9.81. The van der Waals surface area contributed by atoms with Crippen molar-refractivity contribution in [2.45, 2.75) is 25.0 Å². The zero-order valence-corrected chi connectivity index (χ0v) is 14.6. The molecule has 5 rings (SSSR count). The van der Waals surface area contributed by atoms with Crippen molar-refractivity contribution >= 4 is 40.7 Å². The van der Waals surface area contributed by atoms with Crippen molar-refractivity contribution in [3.8, 4) is 5.69 Å². The standard InChI is InChI=1S/C18H14Cl2N2O3/c19-9-8-12(10(20)7-11(9)21-5-1-2-6-21)22-17(23)15-13-3-4-14(25-13)16(15)18(22)24/h1-2,5-8,13-16H,3-4H2/t13-,14+,15-,16+. The molecule has 0 unspecified atom stereocenters. The van der Waals surface area contributed by atoms with Crippen molar-refractivity contribution in [3.63, 3.8) is 0 Å². The number of rotatable bonds is 2. The molecule has 0 N–H and O–H groups in total. The maximum atomic E-state index is 12.9. The first-order valence-corrected chi connectivity index (χ1v) is 8.97. The minimum atomic E-state index is -0.384. The number of nitrogens with zero attached hydrogens (tertiary/aromatic N) is 2. The number of ether oxygens (including phenoxy) is 1. The van der Waals surface area contributed by atoms with Crippen LogP contribution in [-0.2, 0) is 14.3 Å². The first-order chi connectivity index (χ1) is 12.1. The summed E-state index contributed by atoms with van der Waals surface area (Å²) in [6.45, 7) is 0. The number of carbonyl (C=O) groups is 2. The van der Waals surface area contributed by atoms with Crippen molar-refractivity contribution in [2.24, 2.45) is 11.8 Å². The molecular weight excluding hydrogens is 363 g/mol. The molecule has 0 spiro atoms. The van der Waals surface area contributed by atoms with Gasteiger partial charge in [-0.3, -0.25) is 9.59 Å². The highest BCUT2D eigenvalue weighted by atomic mass is 35.5. The molecule has 3 aliphatic heterocycles. The van der Waals surface area contributed by atoms with Crippen LogP contribution < -0.4 is 4.90 Å². The molecule has 2 amide bonds. The van der Waals surface area contributed by atoms with Crippen LogP contribution in [0.2, 0.25) is 10.0 Å². The average Bonchev–Trinajstić information content (AvgIpc) is 3.35. The van der Waals surface area contributed by atoms with Crippen LogP contribution in [0.25, 0.3) is 5.69 Å². The van der Waals surface area contributed by atoms with E-state index in [-0.39, 0.29) is 35.9 Å². The van der Waals surface area contributed by atoms with Gasteiger partial charge in [0.05, 0.1) is 45.5 Å². The van der Waals surface area contributed by atoms with Gasteiger partial charge in [0.1, 0.15) is 0 Å². The van der Waals surface area contributed by atoms with E-state index < -0.39 is 0 Å². The Morgan fingerprint density at radius 1 is 0.880 bits per heavy atom. The number of amides is 2. The van der Waals surface area contributed by atoms with Crippen LogP contribution in [0.1, 0.15) is 12.8 Å². The van der Waals surface area contributed by atoms with Gasteiger partial charge in [0.25, 0.3) is 0 Å². The minimum absolute atomic E-state index is 0.148. The topological polar surface area (TPSA) is 51.5 Å². The van der Waals surface area contributed by atoms with Crippen LogP contribution >= 0.6 is 23.2 Å². The highest BCUT2D eigenvalue weighted by Gasteiger charge is 2.62. The van der Waals surface area contributed by atoms with E-state index in [1.165, 1.54) is 4.90 Å². The molecule has 3 fully saturated rings. The van der Waals surface area contributed by atoms with Gasteiger partial charge < -0.3 is 9.30 Å². The van der Waals surface area contributed by atoms with Gasteiger partial charge >= 0.3 is 0 Å². The molecule has 0 aliphatic carbocycles. The minimum Gasteiger partial charge on any atom is -0.373 e. The number of aromatic nitrogens is 1. The first-order valence-electron chi connectivity index (χ1n) is 8.22. The van der Waals surface area contributed by atoms with Crippen LogP contribution in [0, 0.1) is 11.8 Å². The second kappa shape index (κ2) is 5.34. The van der Waals surface area contributed by atoms with Crippen molar-refractivity contribution < 1.29 is 14.3 Å². The van der Waals surface area contributed by atoms with Crippen molar-refractivity contribution in [2.75, 3.05) is 4.90 Å². The summed E-state index contributed by atoms with van der Waals surface area (Å²) in [4.78, 5) is 27.0. The molecule has 0 radical (unpaired) electrons. The van der Waals surface area contributed by atoms with Gasteiger partial charge in [-0.2, -0.15) is 0 Å². The Morgan fingerprint density at radius 2 is 1.40 bits per heavy atom. The molecule has 1 aromatic heterocycles. The largest absolute Gasteiger partial charge is 0.373 e. The van der Waals surface area contributed by atoms with Gasteiger partial charge in [-0.05, 0) is 37.1 Å². The van der Waals surface area contributed by atoms with Crippen LogP contribution in [0.15, 0.2) is 36.7 Å². The van der Waals surface area contributed by atoms with Crippen LogP contribution in [0.3, 0.4) is 0 Å². The highest BCUT2D eigenvalue weighted by molar-refractivity contribution is 6.38. The molecule has 4 atom stereocenters. The Labute approximate surface area is 154 Å². The van der Waals surface area contributed by atoms with Crippen LogP contribution in [0.4, 0.5) is 5.69 Å². The van der Waals surface area contributed by atoms with Gasteiger partial charge in [-0.1, -0.05) is 23.2 Å². The summed E-state index contributed by atoms with van der Waals surface area (Å²) < 4.78 is 7.58. The maximum absolute atomic E-state index is 12.9. The molecule has 0 saturated carbocycles. The lowest BCUT2D eigenvalue weighted by Gasteiger charge is -2.20. The van der Waals surface area contributed by atoms with E-state index in [2.05, 4.69) is 0 Å². The van der Waals surface area contributed by atoms with Crippen LogP contribution in [-0.4, -0.2) is 28.6 Å². The lowest BCUT2D eigenvalue weighted by molar-refractivity contribution is -0.124. The monoisotopic (exact) mass is 376 g/mol. The van der Waals surface area contributed by atoms with E-state index in [1.54, 1.807) is 12.1 Å². The predicted molar refractivity (Wildman–Crippen MR) is 93.2 cm³/mol. The SMILES string of the molecule is O=C1[C@@H]2[C@H](C(=O)N1c1cc(Cl)c(-n3cccc3)cc1Cl)[C@H]1CC[C@@H]2O1. The molecule has 5 nitrogen and oxygen atoms in total. The Kier molecular flexibility index (Phi) is 3.29. The number of imide groups is 1. The molecular formula is C18H14Cl2N2O3. The van der Waals surface area contributed by atoms with Gasteiger partial charge in [-0.25, -0.2) is 4.90 Å². The van der Waals surface area contributed by atoms with E-state index >= 15 is 0 Å². The predicted octanol–water partition coefficient (Wildman–Crippen LogP) is 3.45. The summed E-state index contributed by atoms with van der Waals surface area (Å²) in [6.07, 6.45) is 5.07. The number of carbonyl (C=O) groups excluding carboxylic acids is 2. The maximum Gasteiger partial charge on any atom is 0.240 e. The Bertz CT molecular complexity index is 868. The van der Waals surface area contributed by atoms with Gasteiger partial charge in [-0.15, -0.1) is 0 Å². The van der Waals surface area contributed by atoms with Crippen LogP contribution in [0.5, 0.6) is 0 Å². The third kappa shape index (κ3) is 2.06. The fourth-order valence-electron chi connectivity index (χ4n) is 4.34. The second-order valence-corrected chi connectivity index (χ2v) is 7.51. The molecule has 128 valence electrons. The molecule has 3 saturated heterocycles. The summed E-state index contributed by atoms with van der Waals surface area (Å²) in [6, 6.07) is 7.03. The van der Waals surface area contributed by atoms with E-state index in [0.717, 1.165) is 12.8 Å². The van der Waals surface area contributed by atoms with E-state index in [0.29, 0.717) is 21.4 Å². The average molecular weight is 377 g/mol. The number of halogens is 2. The Morgan fingerprint density at radius 3 is 2.00 bits per heavy atom. The zero-order chi connectivity index (χ0) is 17.3. The van der Waals surface area contributed by atoms with Crippen molar-refractivity contribution in [3.05, 3.63) is 46.7 Å². The van der Waals surface area contributed by atoms with Gasteiger partial charge in [0.2, 0.25) is 11.8 Å². The van der Waals surface area contributed by atoms with Crippen molar-refractivity contribution in [1.29, 1.82) is 0 Å². The van der Waals surface area contributed by atoms with Crippen molar-refractivity contribution in [1.82, 2.24) is 4.57 Å². The fraction of sp³-hybridized carbons (Fsp3) is 0.333. The molecule has 1 aromatic carbocycles. The van der Waals surface area contributed by atoms with Gasteiger partial charge in [0, 0.05) is 12.4 Å². The molecule has 7 heteroatoms. The molecule has 2 aromatic rings. The smallest absolute Gasteiger partial charge is 0.240 e. The Hall–Kier alpha value is -1.82. The highest BCUT2D eigenvalue weighted by Crippen LogP contribution is 2.50. The summed E-state index contributed by atoms with van der Waals surface area (Å²) in [5.41, 5.74) is 1.05. The third-order valence-corrected chi connectivity index (χ3v) is 6.03. The molecule has 25 heavy (non-hydrogen) atoms. The first kappa shape index (κ1) is 15.4. The second-order valence-electron chi connectivity index (χ2n) is 6.70. The summed E-state index contributed by atoms with van der Waals surface area (Å²) in [5, 5.41) is 0.746. The summed E-state index contributed by atoms with van der Waals surface area (Å²) >= 11 is 12.8. The van der Waals surface area contributed by atoms with E-state index in [9.17, 15) is 9.59 Å². The summed E-state index contributed by atoms with van der Waals surface area (Å²) in [5.74, 6) is -1.22. The number of benzene rings is 1. The van der Waals surface area contributed by atoms with E-state index in [1.807, 2.05) is 29.1 Å². The summed E-state index contributed by atoms with van der Waals surface area (Å²) in [7, 11) is 0. The number of hydrogen-bond acceptors (Lipinski definition) is 3. The molecule has 4 heterocycles. The molecule has 2 bridgehead atoms. The quantitative estimate of drug-likeness (QED) is 0.754. The third-order valence-electron chi connectivity index (χ3n) is 5.42.